The van der Waals surface area contributed by atoms with Gasteiger partial charge in [-0.2, -0.15) is 0 Å². The molecule has 102 valence electrons. The molecule has 1 unspecified atom stereocenters. The van der Waals surface area contributed by atoms with Crippen LogP contribution < -0.4 is 0 Å². The minimum Gasteiger partial charge on any atom is -0.469 e. The summed E-state index contributed by atoms with van der Waals surface area (Å²) in [7, 11) is 1.36. The predicted octanol–water partition coefficient (Wildman–Crippen LogP) is 1.87. The van der Waals surface area contributed by atoms with Crippen molar-refractivity contribution in [3.63, 3.8) is 0 Å². The molecule has 0 bridgehead atoms. The van der Waals surface area contributed by atoms with E-state index in [1.165, 1.54) is 18.9 Å². The second-order valence-corrected chi connectivity index (χ2v) is 5.20. The van der Waals surface area contributed by atoms with E-state index >= 15 is 0 Å². The van der Waals surface area contributed by atoms with Crippen LogP contribution in [0.2, 0.25) is 0 Å². The standard InChI is InChI=1S/C13H21NO3S/c1-5-7-14(8-6-2)12(15)10-18-11(3)9-13(16)17-4/h5-6,11H,1-2,7-10H2,3-4H3. The van der Waals surface area contributed by atoms with Gasteiger partial charge < -0.3 is 9.64 Å². The van der Waals surface area contributed by atoms with E-state index in [9.17, 15) is 9.59 Å². The third-order valence-electron chi connectivity index (χ3n) is 2.22. The monoisotopic (exact) mass is 271 g/mol. The molecule has 0 aromatic carbocycles. The van der Waals surface area contributed by atoms with Crippen molar-refractivity contribution in [2.24, 2.45) is 0 Å². The van der Waals surface area contributed by atoms with E-state index in [1.54, 1.807) is 17.1 Å². The minimum atomic E-state index is -0.253. The average Bonchev–Trinajstić information content (AvgIpc) is 2.35. The Bertz CT molecular complexity index is 295. The van der Waals surface area contributed by atoms with Crippen LogP contribution in [-0.2, 0) is 14.3 Å². The van der Waals surface area contributed by atoms with Crippen molar-refractivity contribution in [1.29, 1.82) is 0 Å². The van der Waals surface area contributed by atoms with Crippen LogP contribution in [-0.4, -0.2) is 48.0 Å². The largest absolute Gasteiger partial charge is 0.469 e. The van der Waals surface area contributed by atoms with Crippen molar-refractivity contribution in [2.75, 3.05) is 26.0 Å². The van der Waals surface area contributed by atoms with Gasteiger partial charge >= 0.3 is 5.97 Å². The maximum Gasteiger partial charge on any atom is 0.306 e. The summed E-state index contributed by atoms with van der Waals surface area (Å²) in [6.45, 7) is 10.2. The number of carbonyl (C=O) groups excluding carboxylic acids is 2. The van der Waals surface area contributed by atoms with Gasteiger partial charge in [-0.1, -0.05) is 19.1 Å². The summed E-state index contributed by atoms with van der Waals surface area (Å²) >= 11 is 1.45. The highest BCUT2D eigenvalue weighted by Crippen LogP contribution is 2.15. The first-order valence-electron chi connectivity index (χ1n) is 5.73. The van der Waals surface area contributed by atoms with Crippen LogP contribution in [0.5, 0.6) is 0 Å². The van der Waals surface area contributed by atoms with E-state index in [0.29, 0.717) is 25.3 Å². The molecule has 0 fully saturated rings. The Morgan fingerprint density at radius 3 is 2.33 bits per heavy atom. The summed E-state index contributed by atoms with van der Waals surface area (Å²) in [5, 5.41) is 0.0655. The number of amides is 1. The van der Waals surface area contributed by atoms with Crippen LogP contribution >= 0.6 is 11.8 Å². The molecule has 0 spiro atoms. The highest BCUT2D eigenvalue weighted by Gasteiger charge is 2.15. The molecular formula is C13H21NO3S. The molecule has 5 heteroatoms. The van der Waals surface area contributed by atoms with Crippen molar-refractivity contribution in [3.8, 4) is 0 Å². The maximum atomic E-state index is 11.9. The third-order valence-corrected chi connectivity index (χ3v) is 3.37. The van der Waals surface area contributed by atoms with Gasteiger partial charge in [0.25, 0.3) is 0 Å². The van der Waals surface area contributed by atoms with Crippen LogP contribution in [0.4, 0.5) is 0 Å². The molecule has 18 heavy (non-hydrogen) atoms. The van der Waals surface area contributed by atoms with Gasteiger partial charge in [0.2, 0.25) is 5.91 Å². The minimum absolute atomic E-state index is 0.0246. The Kier molecular flexibility index (Phi) is 9.10. The number of esters is 1. The number of hydrogen-bond acceptors (Lipinski definition) is 4. The molecule has 0 aromatic rings. The first-order valence-corrected chi connectivity index (χ1v) is 6.78. The summed E-state index contributed by atoms with van der Waals surface area (Å²) < 4.78 is 4.58. The van der Waals surface area contributed by atoms with Crippen molar-refractivity contribution < 1.29 is 14.3 Å². The van der Waals surface area contributed by atoms with Crippen molar-refractivity contribution >= 4 is 23.6 Å². The lowest BCUT2D eigenvalue weighted by Gasteiger charge is -2.20. The van der Waals surface area contributed by atoms with E-state index in [2.05, 4.69) is 17.9 Å². The molecule has 0 aliphatic heterocycles. The SMILES string of the molecule is C=CCN(CC=C)C(=O)CSC(C)CC(=O)OC. The zero-order valence-corrected chi connectivity index (χ0v) is 11.9. The number of methoxy groups -OCH3 is 1. The van der Waals surface area contributed by atoms with Crippen molar-refractivity contribution in [1.82, 2.24) is 4.90 Å². The molecule has 1 amide bonds. The van der Waals surface area contributed by atoms with Gasteiger partial charge in [0.05, 0.1) is 19.3 Å². The van der Waals surface area contributed by atoms with Crippen molar-refractivity contribution in [3.05, 3.63) is 25.3 Å². The molecule has 1 atom stereocenters. The van der Waals surface area contributed by atoms with E-state index in [-0.39, 0.29) is 17.1 Å². The Labute approximate surface area is 113 Å². The van der Waals surface area contributed by atoms with Crippen LogP contribution in [0.15, 0.2) is 25.3 Å². The molecule has 0 radical (unpaired) electrons. The first-order chi connectivity index (χ1) is 8.54. The molecule has 0 saturated heterocycles. The smallest absolute Gasteiger partial charge is 0.306 e. The molecule has 0 saturated carbocycles. The molecule has 0 heterocycles. The Morgan fingerprint density at radius 2 is 1.89 bits per heavy atom. The summed E-state index contributed by atoms with van der Waals surface area (Å²) in [4.78, 5) is 24.6. The van der Waals surface area contributed by atoms with Gasteiger partial charge in [-0.3, -0.25) is 9.59 Å². The Hall–Kier alpha value is -1.23. The number of ether oxygens (including phenoxy) is 1. The Morgan fingerprint density at radius 1 is 1.33 bits per heavy atom. The number of nitrogens with zero attached hydrogens (tertiary/aromatic N) is 1. The number of rotatable bonds is 9. The van der Waals surface area contributed by atoms with Crippen LogP contribution in [0, 0.1) is 0 Å². The second kappa shape index (κ2) is 9.76. The topological polar surface area (TPSA) is 46.6 Å². The summed E-state index contributed by atoms with van der Waals surface area (Å²) in [5.41, 5.74) is 0. The number of carbonyl (C=O) groups is 2. The van der Waals surface area contributed by atoms with E-state index in [0.717, 1.165) is 0 Å². The van der Waals surface area contributed by atoms with E-state index < -0.39 is 0 Å². The molecule has 0 aliphatic rings. The normalized spacial score (nSPS) is 11.4. The zero-order chi connectivity index (χ0) is 14.0. The Balaban J connectivity index is 4.09. The lowest BCUT2D eigenvalue weighted by molar-refractivity contribution is -0.140. The third kappa shape index (κ3) is 7.17. The van der Waals surface area contributed by atoms with Gasteiger partial charge in [-0.25, -0.2) is 0 Å². The average molecular weight is 271 g/mol. The first kappa shape index (κ1) is 16.8. The zero-order valence-electron chi connectivity index (χ0n) is 11.1. The fraction of sp³-hybridized carbons (Fsp3) is 0.538. The van der Waals surface area contributed by atoms with Gasteiger partial charge in [-0.05, 0) is 0 Å². The molecule has 0 rings (SSSR count). The molecular weight excluding hydrogens is 250 g/mol. The van der Waals surface area contributed by atoms with Crippen LogP contribution in [0.25, 0.3) is 0 Å². The highest BCUT2D eigenvalue weighted by atomic mass is 32.2. The summed E-state index contributed by atoms with van der Waals surface area (Å²) in [5.74, 6) is 0.118. The van der Waals surface area contributed by atoms with E-state index in [1.807, 2.05) is 6.92 Å². The quantitative estimate of drug-likeness (QED) is 0.474. The highest BCUT2D eigenvalue weighted by molar-refractivity contribution is 8.00. The molecule has 0 N–H and O–H groups in total. The van der Waals surface area contributed by atoms with Crippen LogP contribution in [0.3, 0.4) is 0 Å². The fourth-order valence-electron chi connectivity index (χ4n) is 1.27. The number of thioether (sulfide) groups is 1. The summed E-state index contributed by atoms with van der Waals surface area (Å²) in [6, 6.07) is 0. The second-order valence-electron chi connectivity index (χ2n) is 3.78. The lowest BCUT2D eigenvalue weighted by atomic mass is 10.3. The maximum absolute atomic E-state index is 11.9. The summed E-state index contributed by atoms with van der Waals surface area (Å²) in [6.07, 6.45) is 3.69. The van der Waals surface area contributed by atoms with Crippen molar-refractivity contribution in [2.45, 2.75) is 18.6 Å². The van der Waals surface area contributed by atoms with Gasteiger partial charge in [0.15, 0.2) is 0 Å². The van der Waals surface area contributed by atoms with Gasteiger partial charge in [0.1, 0.15) is 0 Å². The molecule has 0 aromatic heterocycles. The lowest BCUT2D eigenvalue weighted by Crippen LogP contribution is -2.33. The fourth-order valence-corrected chi connectivity index (χ4v) is 2.14. The predicted molar refractivity (Wildman–Crippen MR) is 75.5 cm³/mol. The molecule has 0 aliphatic carbocycles. The van der Waals surface area contributed by atoms with Gasteiger partial charge in [-0.15, -0.1) is 24.9 Å². The molecule has 4 nitrogen and oxygen atoms in total. The van der Waals surface area contributed by atoms with E-state index in [4.69, 9.17) is 0 Å². The van der Waals surface area contributed by atoms with Gasteiger partial charge in [0, 0.05) is 18.3 Å². The number of hydrogen-bond donors (Lipinski definition) is 0. The van der Waals surface area contributed by atoms with Crippen LogP contribution in [0.1, 0.15) is 13.3 Å².